The summed E-state index contributed by atoms with van der Waals surface area (Å²) in [4.78, 5) is 15.9. The first-order chi connectivity index (χ1) is 9.19. The van der Waals surface area contributed by atoms with E-state index in [0.717, 1.165) is 0 Å². The highest BCUT2D eigenvalue weighted by atomic mass is 16.5. The quantitative estimate of drug-likeness (QED) is 0.783. The zero-order valence-electron chi connectivity index (χ0n) is 10.7. The fraction of sp³-hybridized carbons (Fsp3) is 0.231. The van der Waals surface area contributed by atoms with Crippen LogP contribution < -0.4 is 15.8 Å². The van der Waals surface area contributed by atoms with Crippen molar-refractivity contribution in [2.75, 3.05) is 19.4 Å². The molecule has 0 saturated carbocycles. The number of aromatic nitrogens is 2. The maximum absolute atomic E-state index is 11.9. The van der Waals surface area contributed by atoms with Crippen molar-refractivity contribution in [2.45, 2.75) is 6.54 Å². The number of nitrogens with zero attached hydrogens (tertiary/aromatic N) is 2. The van der Waals surface area contributed by atoms with E-state index in [-0.39, 0.29) is 5.91 Å². The standard InChI is InChI=1S/C13H16N4O2/c1-19-12-7-10(6-11(14)8-12)13(18)16-3-5-17-4-2-15-9-17/h2,4,6-9H,3,5,14H2,1H3,(H,16,18). The molecule has 100 valence electrons. The zero-order valence-corrected chi connectivity index (χ0v) is 10.7. The fourth-order valence-corrected chi connectivity index (χ4v) is 1.69. The van der Waals surface area contributed by atoms with E-state index in [1.165, 1.54) is 7.11 Å². The highest BCUT2D eigenvalue weighted by molar-refractivity contribution is 5.95. The molecular formula is C13H16N4O2. The fourth-order valence-electron chi connectivity index (χ4n) is 1.69. The Morgan fingerprint density at radius 3 is 3.00 bits per heavy atom. The number of anilines is 1. The summed E-state index contributed by atoms with van der Waals surface area (Å²) in [5.41, 5.74) is 6.69. The topological polar surface area (TPSA) is 82.2 Å². The van der Waals surface area contributed by atoms with Gasteiger partial charge in [-0.15, -0.1) is 0 Å². The average molecular weight is 260 g/mol. The lowest BCUT2D eigenvalue weighted by Gasteiger charge is -2.08. The number of carbonyl (C=O) groups is 1. The number of benzene rings is 1. The first-order valence-electron chi connectivity index (χ1n) is 5.87. The summed E-state index contributed by atoms with van der Waals surface area (Å²) in [5.74, 6) is 0.394. The number of nitrogens with two attached hydrogens (primary N) is 1. The zero-order chi connectivity index (χ0) is 13.7. The van der Waals surface area contributed by atoms with E-state index < -0.39 is 0 Å². The summed E-state index contributed by atoms with van der Waals surface area (Å²) in [6, 6.07) is 4.94. The van der Waals surface area contributed by atoms with Crippen LogP contribution in [0.5, 0.6) is 5.75 Å². The lowest BCUT2D eigenvalue weighted by molar-refractivity contribution is 0.0952. The second kappa shape index (κ2) is 5.90. The van der Waals surface area contributed by atoms with E-state index in [9.17, 15) is 4.79 Å². The van der Waals surface area contributed by atoms with E-state index in [2.05, 4.69) is 10.3 Å². The molecule has 2 rings (SSSR count). The predicted molar refractivity (Wildman–Crippen MR) is 72.0 cm³/mol. The number of methoxy groups -OCH3 is 1. The largest absolute Gasteiger partial charge is 0.497 e. The van der Waals surface area contributed by atoms with Gasteiger partial charge in [-0.25, -0.2) is 4.98 Å². The van der Waals surface area contributed by atoms with Gasteiger partial charge in [0.05, 0.1) is 13.4 Å². The minimum Gasteiger partial charge on any atom is -0.497 e. The first kappa shape index (κ1) is 12.9. The Bertz CT molecular complexity index is 552. The molecule has 0 aliphatic carbocycles. The van der Waals surface area contributed by atoms with Crippen molar-refractivity contribution in [3.05, 3.63) is 42.5 Å². The Morgan fingerprint density at radius 1 is 1.47 bits per heavy atom. The molecule has 0 saturated heterocycles. The van der Waals surface area contributed by atoms with Crippen LogP contribution in [0.4, 0.5) is 5.69 Å². The third kappa shape index (κ3) is 3.48. The number of rotatable bonds is 5. The number of hydrogen-bond acceptors (Lipinski definition) is 4. The molecule has 0 radical (unpaired) electrons. The van der Waals surface area contributed by atoms with Gasteiger partial charge in [0.25, 0.3) is 5.91 Å². The molecule has 6 nitrogen and oxygen atoms in total. The van der Waals surface area contributed by atoms with Crippen LogP contribution in [-0.4, -0.2) is 29.1 Å². The minimum atomic E-state index is -0.175. The van der Waals surface area contributed by atoms with Crippen LogP contribution in [0.2, 0.25) is 0 Å². The lowest BCUT2D eigenvalue weighted by Crippen LogP contribution is -2.27. The van der Waals surface area contributed by atoms with Crippen LogP contribution in [0.15, 0.2) is 36.9 Å². The molecule has 0 atom stereocenters. The molecule has 1 aromatic heterocycles. The maximum Gasteiger partial charge on any atom is 0.251 e. The van der Waals surface area contributed by atoms with Crippen LogP contribution in [0.25, 0.3) is 0 Å². The Kier molecular flexibility index (Phi) is 4.02. The molecule has 1 heterocycles. The molecule has 1 aromatic carbocycles. The molecule has 6 heteroatoms. The number of carbonyl (C=O) groups excluding carboxylic acids is 1. The number of amides is 1. The van der Waals surface area contributed by atoms with Crippen molar-refractivity contribution >= 4 is 11.6 Å². The van der Waals surface area contributed by atoms with E-state index >= 15 is 0 Å². The SMILES string of the molecule is COc1cc(N)cc(C(=O)NCCn2ccnc2)c1. The molecule has 19 heavy (non-hydrogen) atoms. The van der Waals surface area contributed by atoms with Crippen LogP contribution >= 0.6 is 0 Å². The van der Waals surface area contributed by atoms with Crippen LogP contribution in [-0.2, 0) is 6.54 Å². The second-order valence-electron chi connectivity index (χ2n) is 4.05. The van der Waals surface area contributed by atoms with Crippen molar-refractivity contribution in [3.8, 4) is 5.75 Å². The van der Waals surface area contributed by atoms with Crippen LogP contribution in [0, 0.1) is 0 Å². The van der Waals surface area contributed by atoms with Gasteiger partial charge in [-0.1, -0.05) is 0 Å². The van der Waals surface area contributed by atoms with Crippen LogP contribution in [0.3, 0.4) is 0 Å². The normalized spacial score (nSPS) is 10.2. The Morgan fingerprint density at radius 2 is 2.32 bits per heavy atom. The number of nitrogens with one attached hydrogen (secondary N) is 1. The number of ether oxygens (including phenoxy) is 1. The van der Waals surface area contributed by atoms with Gasteiger partial charge in [-0.2, -0.15) is 0 Å². The summed E-state index contributed by atoms with van der Waals surface area (Å²) < 4.78 is 6.97. The molecular weight excluding hydrogens is 244 g/mol. The lowest BCUT2D eigenvalue weighted by atomic mass is 10.2. The Balaban J connectivity index is 1.94. The highest BCUT2D eigenvalue weighted by Crippen LogP contribution is 2.18. The summed E-state index contributed by atoms with van der Waals surface area (Å²) in [6.07, 6.45) is 5.25. The second-order valence-corrected chi connectivity index (χ2v) is 4.05. The molecule has 0 aliphatic rings. The van der Waals surface area contributed by atoms with Crippen molar-refractivity contribution < 1.29 is 9.53 Å². The van der Waals surface area contributed by atoms with Crippen molar-refractivity contribution in [1.29, 1.82) is 0 Å². The van der Waals surface area contributed by atoms with Crippen molar-refractivity contribution in [3.63, 3.8) is 0 Å². The molecule has 1 amide bonds. The van der Waals surface area contributed by atoms with Crippen molar-refractivity contribution in [2.24, 2.45) is 0 Å². The number of imidazole rings is 1. The maximum atomic E-state index is 11.9. The predicted octanol–water partition coefficient (Wildman–Crippen LogP) is 0.904. The molecule has 0 fully saturated rings. The molecule has 0 spiro atoms. The van der Waals surface area contributed by atoms with E-state index in [1.807, 2.05) is 10.8 Å². The summed E-state index contributed by atoms with van der Waals surface area (Å²) in [6.45, 7) is 1.19. The van der Waals surface area contributed by atoms with Crippen LogP contribution in [0.1, 0.15) is 10.4 Å². The molecule has 0 unspecified atom stereocenters. The number of hydrogen-bond donors (Lipinski definition) is 2. The Labute approximate surface area is 111 Å². The smallest absolute Gasteiger partial charge is 0.251 e. The van der Waals surface area contributed by atoms with Gasteiger partial charge in [0.15, 0.2) is 0 Å². The monoisotopic (exact) mass is 260 g/mol. The third-order valence-corrected chi connectivity index (χ3v) is 2.64. The van der Waals surface area contributed by atoms with Crippen molar-refractivity contribution in [1.82, 2.24) is 14.9 Å². The van der Waals surface area contributed by atoms with Gasteiger partial charge in [0.2, 0.25) is 0 Å². The van der Waals surface area contributed by atoms with Gasteiger partial charge in [0, 0.05) is 42.8 Å². The Hall–Kier alpha value is -2.50. The first-order valence-corrected chi connectivity index (χ1v) is 5.87. The van der Waals surface area contributed by atoms with Gasteiger partial charge in [-0.05, 0) is 12.1 Å². The summed E-state index contributed by atoms with van der Waals surface area (Å²) in [7, 11) is 1.54. The van der Waals surface area contributed by atoms with Gasteiger partial charge in [0.1, 0.15) is 5.75 Å². The van der Waals surface area contributed by atoms with Gasteiger partial charge >= 0.3 is 0 Å². The third-order valence-electron chi connectivity index (χ3n) is 2.64. The summed E-state index contributed by atoms with van der Waals surface area (Å²) in [5, 5.41) is 2.82. The van der Waals surface area contributed by atoms with E-state index in [1.54, 1.807) is 30.7 Å². The molecule has 0 aliphatic heterocycles. The molecule has 2 aromatic rings. The highest BCUT2D eigenvalue weighted by Gasteiger charge is 2.07. The minimum absolute atomic E-state index is 0.175. The summed E-state index contributed by atoms with van der Waals surface area (Å²) >= 11 is 0. The van der Waals surface area contributed by atoms with Gasteiger partial charge in [-0.3, -0.25) is 4.79 Å². The van der Waals surface area contributed by atoms with E-state index in [0.29, 0.717) is 30.1 Å². The van der Waals surface area contributed by atoms with Gasteiger partial charge < -0.3 is 20.4 Å². The molecule has 3 N–H and O–H groups in total. The number of nitrogen functional groups attached to an aromatic ring is 1. The molecule has 0 bridgehead atoms. The van der Waals surface area contributed by atoms with E-state index in [4.69, 9.17) is 10.5 Å². The average Bonchev–Trinajstić information content (AvgIpc) is 2.91.